The zero-order valence-corrected chi connectivity index (χ0v) is 11.6. The Bertz CT molecular complexity index is 572. The first-order valence-corrected chi connectivity index (χ1v) is 6.65. The average molecular weight is 273 g/mol. The minimum Gasteiger partial charge on any atom is -0.383 e. The zero-order valence-electron chi connectivity index (χ0n) is 11.6. The van der Waals surface area contributed by atoms with Crippen molar-refractivity contribution in [3.8, 4) is 0 Å². The van der Waals surface area contributed by atoms with E-state index < -0.39 is 0 Å². The molecule has 5 nitrogen and oxygen atoms in total. The Morgan fingerprint density at radius 2 is 2.00 bits per heavy atom. The van der Waals surface area contributed by atoms with Gasteiger partial charge in [-0.25, -0.2) is 4.98 Å². The predicted molar refractivity (Wildman–Crippen MR) is 78.8 cm³/mol. The van der Waals surface area contributed by atoms with Crippen LogP contribution in [-0.2, 0) is 4.74 Å². The lowest BCUT2D eigenvalue weighted by molar-refractivity contribution is 0.0949. The summed E-state index contributed by atoms with van der Waals surface area (Å²) in [6, 6.07) is 11.4. The molecule has 1 aromatic carbocycles. The molecule has 0 aliphatic carbocycles. The van der Waals surface area contributed by atoms with Crippen LogP contribution in [-0.4, -0.2) is 44.2 Å². The number of aromatic nitrogens is 1. The van der Waals surface area contributed by atoms with E-state index >= 15 is 0 Å². The van der Waals surface area contributed by atoms with Gasteiger partial charge in [0.05, 0.1) is 12.1 Å². The molecule has 0 saturated carbocycles. The Balaban J connectivity index is 1.84. The third-order valence-corrected chi connectivity index (χ3v) is 2.90. The minimum absolute atomic E-state index is 0.149. The van der Waals surface area contributed by atoms with Crippen molar-refractivity contribution in [1.82, 2.24) is 15.6 Å². The topological polar surface area (TPSA) is 63.2 Å². The Labute approximate surface area is 118 Å². The molecule has 5 heteroatoms. The predicted octanol–water partition coefficient (Wildman–Crippen LogP) is 1.20. The van der Waals surface area contributed by atoms with E-state index in [1.54, 1.807) is 13.2 Å². The third-order valence-electron chi connectivity index (χ3n) is 2.90. The highest BCUT2D eigenvalue weighted by Crippen LogP contribution is 2.11. The van der Waals surface area contributed by atoms with Crippen LogP contribution in [0.25, 0.3) is 10.9 Å². The van der Waals surface area contributed by atoms with Crippen molar-refractivity contribution in [1.29, 1.82) is 0 Å². The largest absolute Gasteiger partial charge is 0.383 e. The first-order chi connectivity index (χ1) is 9.81. The number of nitrogens with one attached hydrogen (secondary N) is 2. The maximum Gasteiger partial charge on any atom is 0.269 e. The van der Waals surface area contributed by atoms with Crippen LogP contribution in [0.5, 0.6) is 0 Å². The molecule has 2 N–H and O–H groups in total. The molecule has 0 spiro atoms. The van der Waals surface area contributed by atoms with Gasteiger partial charge in [0.1, 0.15) is 5.69 Å². The molecule has 2 rings (SSSR count). The monoisotopic (exact) mass is 273 g/mol. The first-order valence-electron chi connectivity index (χ1n) is 6.65. The third kappa shape index (κ3) is 4.01. The number of ether oxygens (including phenoxy) is 1. The summed E-state index contributed by atoms with van der Waals surface area (Å²) in [7, 11) is 1.66. The lowest BCUT2D eigenvalue weighted by atomic mass is 10.2. The number of methoxy groups -OCH3 is 1. The number of amides is 1. The van der Waals surface area contributed by atoms with E-state index in [9.17, 15) is 4.79 Å². The van der Waals surface area contributed by atoms with Crippen LogP contribution in [0.3, 0.4) is 0 Å². The van der Waals surface area contributed by atoms with Crippen molar-refractivity contribution >= 4 is 16.8 Å². The number of nitrogens with zero attached hydrogens (tertiary/aromatic N) is 1. The molecule has 1 amide bonds. The van der Waals surface area contributed by atoms with Crippen molar-refractivity contribution in [3.05, 3.63) is 42.1 Å². The van der Waals surface area contributed by atoms with Crippen LogP contribution in [0.15, 0.2) is 36.4 Å². The maximum absolute atomic E-state index is 12.0. The quantitative estimate of drug-likeness (QED) is 0.744. The van der Waals surface area contributed by atoms with Crippen LogP contribution in [0.4, 0.5) is 0 Å². The molecular weight excluding hydrogens is 254 g/mol. The fraction of sp³-hybridized carbons (Fsp3) is 0.333. The van der Waals surface area contributed by atoms with E-state index in [1.807, 2.05) is 30.3 Å². The smallest absolute Gasteiger partial charge is 0.269 e. The van der Waals surface area contributed by atoms with E-state index in [-0.39, 0.29) is 5.91 Å². The summed E-state index contributed by atoms with van der Waals surface area (Å²) in [6.07, 6.45) is 0. The Morgan fingerprint density at radius 3 is 2.85 bits per heavy atom. The van der Waals surface area contributed by atoms with Gasteiger partial charge in [-0.15, -0.1) is 0 Å². The standard InChI is InChI=1S/C15H19N3O2/c1-20-11-10-16-8-9-17-15(19)14-7-6-12-4-2-3-5-13(12)18-14/h2-7,16H,8-11H2,1H3,(H,17,19). The number of pyridine rings is 1. The van der Waals surface area contributed by atoms with Gasteiger partial charge < -0.3 is 15.4 Å². The number of fused-ring (bicyclic) bond motifs is 1. The van der Waals surface area contributed by atoms with E-state index in [2.05, 4.69) is 15.6 Å². The molecule has 1 aromatic heterocycles. The van der Waals surface area contributed by atoms with Crippen LogP contribution in [0, 0.1) is 0 Å². The highest BCUT2D eigenvalue weighted by molar-refractivity contribution is 5.94. The number of benzene rings is 1. The highest BCUT2D eigenvalue weighted by atomic mass is 16.5. The van der Waals surface area contributed by atoms with Gasteiger partial charge >= 0.3 is 0 Å². The lowest BCUT2D eigenvalue weighted by Crippen LogP contribution is -2.33. The first kappa shape index (κ1) is 14.4. The number of carbonyl (C=O) groups is 1. The van der Waals surface area contributed by atoms with Crippen molar-refractivity contribution < 1.29 is 9.53 Å². The number of para-hydroxylation sites is 1. The highest BCUT2D eigenvalue weighted by Gasteiger charge is 2.06. The van der Waals surface area contributed by atoms with Crippen molar-refractivity contribution in [2.75, 3.05) is 33.4 Å². The Hall–Kier alpha value is -1.98. The van der Waals surface area contributed by atoms with Crippen LogP contribution < -0.4 is 10.6 Å². The van der Waals surface area contributed by atoms with Crippen LogP contribution in [0.2, 0.25) is 0 Å². The second-order valence-corrected chi connectivity index (χ2v) is 4.39. The molecule has 0 unspecified atom stereocenters. The van der Waals surface area contributed by atoms with E-state index in [0.29, 0.717) is 25.4 Å². The van der Waals surface area contributed by atoms with Gasteiger partial charge in [-0.2, -0.15) is 0 Å². The summed E-state index contributed by atoms with van der Waals surface area (Å²) in [5, 5.41) is 7.03. The van der Waals surface area contributed by atoms with Gasteiger partial charge in [0.25, 0.3) is 5.91 Å². The molecule has 0 aliphatic heterocycles. The second-order valence-electron chi connectivity index (χ2n) is 4.39. The Kier molecular flexibility index (Phi) is 5.46. The number of rotatable bonds is 7. The summed E-state index contributed by atoms with van der Waals surface area (Å²) in [5.41, 5.74) is 1.28. The van der Waals surface area contributed by atoms with Gasteiger partial charge in [0, 0.05) is 32.1 Å². The average Bonchev–Trinajstić information content (AvgIpc) is 2.50. The van der Waals surface area contributed by atoms with Gasteiger partial charge in [-0.05, 0) is 12.1 Å². The summed E-state index contributed by atoms with van der Waals surface area (Å²) < 4.78 is 4.92. The lowest BCUT2D eigenvalue weighted by Gasteiger charge is -2.06. The number of carbonyl (C=O) groups excluding carboxylic acids is 1. The van der Waals surface area contributed by atoms with Gasteiger partial charge in [-0.1, -0.05) is 24.3 Å². The molecule has 0 aliphatic rings. The summed E-state index contributed by atoms with van der Waals surface area (Å²) in [6.45, 7) is 2.72. The van der Waals surface area contributed by atoms with Gasteiger partial charge in [0.2, 0.25) is 0 Å². The fourth-order valence-electron chi connectivity index (χ4n) is 1.85. The Morgan fingerprint density at radius 1 is 1.15 bits per heavy atom. The van der Waals surface area contributed by atoms with E-state index in [4.69, 9.17) is 4.74 Å². The minimum atomic E-state index is -0.149. The van der Waals surface area contributed by atoms with Crippen molar-refractivity contribution in [2.24, 2.45) is 0 Å². The normalized spacial score (nSPS) is 10.7. The summed E-state index contributed by atoms with van der Waals surface area (Å²) in [5.74, 6) is -0.149. The molecule has 0 radical (unpaired) electrons. The van der Waals surface area contributed by atoms with E-state index in [0.717, 1.165) is 17.4 Å². The number of hydrogen-bond acceptors (Lipinski definition) is 4. The van der Waals surface area contributed by atoms with E-state index in [1.165, 1.54) is 0 Å². The van der Waals surface area contributed by atoms with Crippen molar-refractivity contribution in [2.45, 2.75) is 0 Å². The van der Waals surface area contributed by atoms with Gasteiger partial charge in [-0.3, -0.25) is 4.79 Å². The molecule has 20 heavy (non-hydrogen) atoms. The fourth-order valence-corrected chi connectivity index (χ4v) is 1.85. The van der Waals surface area contributed by atoms with Crippen LogP contribution >= 0.6 is 0 Å². The summed E-state index contributed by atoms with van der Waals surface area (Å²) in [4.78, 5) is 16.3. The van der Waals surface area contributed by atoms with Crippen molar-refractivity contribution in [3.63, 3.8) is 0 Å². The molecule has 0 atom stereocenters. The van der Waals surface area contributed by atoms with Crippen LogP contribution in [0.1, 0.15) is 10.5 Å². The second kappa shape index (κ2) is 7.57. The molecule has 106 valence electrons. The SMILES string of the molecule is COCCNCCNC(=O)c1ccc2ccccc2n1. The molecule has 0 fully saturated rings. The summed E-state index contributed by atoms with van der Waals surface area (Å²) >= 11 is 0. The maximum atomic E-state index is 12.0. The molecule has 2 aromatic rings. The molecule has 1 heterocycles. The molecular formula is C15H19N3O2. The zero-order chi connectivity index (χ0) is 14.2. The molecule has 0 bridgehead atoms. The molecule has 0 saturated heterocycles. The van der Waals surface area contributed by atoms with Gasteiger partial charge in [0.15, 0.2) is 0 Å². The number of hydrogen-bond donors (Lipinski definition) is 2.